The summed E-state index contributed by atoms with van der Waals surface area (Å²) in [6.07, 6.45) is 1.53. The maximum absolute atomic E-state index is 11.7. The van der Waals surface area contributed by atoms with Crippen LogP contribution in [0.5, 0.6) is 5.75 Å². The van der Waals surface area contributed by atoms with E-state index in [9.17, 15) is 14.9 Å². The van der Waals surface area contributed by atoms with Gasteiger partial charge in [0.2, 0.25) is 5.91 Å². The Morgan fingerprint density at radius 1 is 1.18 bits per heavy atom. The average Bonchev–Trinajstić information content (AvgIpc) is 2.50. The number of amides is 1. The highest BCUT2D eigenvalue weighted by Crippen LogP contribution is 2.12. The van der Waals surface area contributed by atoms with Gasteiger partial charge in [0.1, 0.15) is 5.75 Å². The molecule has 0 saturated carbocycles. The zero-order valence-electron chi connectivity index (χ0n) is 11.5. The maximum Gasteiger partial charge on any atom is 0.269 e. The van der Waals surface area contributed by atoms with Crippen LogP contribution in [-0.2, 0) is 11.2 Å². The van der Waals surface area contributed by atoms with Crippen molar-refractivity contribution >= 4 is 17.8 Å². The number of nitro groups is 1. The van der Waals surface area contributed by atoms with Crippen LogP contribution in [0.15, 0.2) is 53.6 Å². The molecule has 0 aliphatic heterocycles. The van der Waals surface area contributed by atoms with E-state index in [1.807, 2.05) is 0 Å². The lowest BCUT2D eigenvalue weighted by atomic mass is 10.1. The van der Waals surface area contributed by atoms with Gasteiger partial charge in [-0.25, -0.2) is 5.43 Å². The number of phenols is 1. The number of nitrogens with zero attached hydrogens (tertiary/aromatic N) is 2. The normalized spacial score (nSPS) is 10.5. The highest BCUT2D eigenvalue weighted by atomic mass is 16.6. The summed E-state index contributed by atoms with van der Waals surface area (Å²) >= 11 is 0. The van der Waals surface area contributed by atoms with Crippen LogP contribution in [0.3, 0.4) is 0 Å². The summed E-state index contributed by atoms with van der Waals surface area (Å²) in [5.74, 6) is -0.178. The number of carbonyl (C=O) groups excluding carboxylic acids is 1. The molecule has 1 amide bonds. The van der Waals surface area contributed by atoms with Gasteiger partial charge in [0.05, 0.1) is 17.6 Å². The van der Waals surface area contributed by atoms with E-state index in [0.29, 0.717) is 5.56 Å². The molecule has 0 aliphatic carbocycles. The van der Waals surface area contributed by atoms with Crippen LogP contribution in [0.2, 0.25) is 0 Å². The van der Waals surface area contributed by atoms with Gasteiger partial charge in [0.25, 0.3) is 5.69 Å². The SMILES string of the molecule is O=C(Cc1ccc([N+](=O)[O-])cc1)NN=Cc1ccc(O)cc1. The van der Waals surface area contributed by atoms with Crippen molar-refractivity contribution in [3.05, 3.63) is 69.8 Å². The van der Waals surface area contributed by atoms with Gasteiger partial charge in [-0.05, 0) is 35.4 Å². The minimum absolute atomic E-state index is 0.0190. The van der Waals surface area contributed by atoms with Crippen molar-refractivity contribution in [1.29, 1.82) is 0 Å². The van der Waals surface area contributed by atoms with Crippen molar-refractivity contribution in [3.8, 4) is 5.75 Å². The minimum atomic E-state index is -0.494. The largest absolute Gasteiger partial charge is 0.508 e. The molecule has 2 N–H and O–H groups in total. The second-order valence-electron chi connectivity index (χ2n) is 4.49. The van der Waals surface area contributed by atoms with Gasteiger partial charge in [-0.3, -0.25) is 14.9 Å². The van der Waals surface area contributed by atoms with Crippen molar-refractivity contribution in [1.82, 2.24) is 5.43 Å². The Morgan fingerprint density at radius 3 is 2.41 bits per heavy atom. The number of hydrogen-bond donors (Lipinski definition) is 2. The molecule has 0 fully saturated rings. The van der Waals surface area contributed by atoms with Crippen LogP contribution < -0.4 is 5.43 Å². The standard InChI is InChI=1S/C15H13N3O4/c19-14-7-3-12(4-8-14)10-16-17-15(20)9-11-1-5-13(6-2-11)18(21)22/h1-8,10,19H,9H2,(H,17,20). The van der Waals surface area contributed by atoms with Gasteiger partial charge in [0.15, 0.2) is 0 Å². The topological polar surface area (TPSA) is 105 Å². The fourth-order valence-corrected chi connectivity index (χ4v) is 1.70. The molecule has 0 bridgehead atoms. The van der Waals surface area contributed by atoms with Crippen molar-refractivity contribution in [2.75, 3.05) is 0 Å². The molecule has 0 aliphatic rings. The van der Waals surface area contributed by atoms with Crippen molar-refractivity contribution in [2.45, 2.75) is 6.42 Å². The Bertz CT molecular complexity index is 694. The summed E-state index contributed by atoms with van der Waals surface area (Å²) in [6.45, 7) is 0. The number of benzene rings is 2. The fraction of sp³-hybridized carbons (Fsp3) is 0.0667. The van der Waals surface area contributed by atoms with Crippen LogP contribution in [0.4, 0.5) is 5.69 Å². The first-order valence-corrected chi connectivity index (χ1v) is 6.39. The van der Waals surface area contributed by atoms with Crippen molar-refractivity contribution < 1.29 is 14.8 Å². The van der Waals surface area contributed by atoms with Gasteiger partial charge in [-0.15, -0.1) is 0 Å². The number of carbonyl (C=O) groups is 1. The second kappa shape index (κ2) is 6.98. The molecule has 0 atom stereocenters. The molecule has 2 aromatic carbocycles. The molecule has 2 rings (SSSR count). The molecule has 22 heavy (non-hydrogen) atoms. The van der Waals surface area contributed by atoms with Gasteiger partial charge in [0, 0.05) is 12.1 Å². The Labute approximate surface area is 126 Å². The molecule has 112 valence electrons. The molecule has 0 radical (unpaired) electrons. The number of nitrogens with one attached hydrogen (secondary N) is 1. The first-order chi connectivity index (χ1) is 10.5. The maximum atomic E-state index is 11.7. The number of non-ortho nitro benzene ring substituents is 1. The monoisotopic (exact) mass is 299 g/mol. The first-order valence-electron chi connectivity index (χ1n) is 6.39. The van der Waals surface area contributed by atoms with Crippen molar-refractivity contribution in [2.24, 2.45) is 5.10 Å². The summed E-state index contributed by atoms with van der Waals surface area (Å²) in [4.78, 5) is 21.7. The van der Waals surface area contributed by atoms with Gasteiger partial charge < -0.3 is 5.11 Å². The van der Waals surface area contributed by atoms with E-state index in [1.165, 1.54) is 42.6 Å². The Kier molecular flexibility index (Phi) is 4.81. The Balaban J connectivity index is 1.87. The summed E-state index contributed by atoms with van der Waals surface area (Å²) in [7, 11) is 0. The predicted octanol–water partition coefficient (Wildman–Crippen LogP) is 1.99. The van der Waals surface area contributed by atoms with E-state index in [0.717, 1.165) is 5.56 Å². The second-order valence-corrected chi connectivity index (χ2v) is 4.49. The highest BCUT2D eigenvalue weighted by Gasteiger charge is 2.06. The van der Waals surface area contributed by atoms with Crippen LogP contribution in [0.1, 0.15) is 11.1 Å². The summed E-state index contributed by atoms with van der Waals surface area (Å²) < 4.78 is 0. The zero-order valence-corrected chi connectivity index (χ0v) is 11.5. The van der Waals surface area contributed by atoms with Crippen molar-refractivity contribution in [3.63, 3.8) is 0 Å². The lowest BCUT2D eigenvalue weighted by molar-refractivity contribution is -0.384. The summed E-state index contributed by atoms with van der Waals surface area (Å²) in [5, 5.41) is 23.5. The van der Waals surface area contributed by atoms with E-state index in [4.69, 9.17) is 5.11 Å². The number of rotatable bonds is 5. The molecule has 0 unspecified atom stereocenters. The van der Waals surface area contributed by atoms with E-state index >= 15 is 0 Å². The van der Waals surface area contributed by atoms with E-state index in [2.05, 4.69) is 10.5 Å². The van der Waals surface area contributed by atoms with E-state index < -0.39 is 4.92 Å². The number of aromatic hydroxyl groups is 1. The zero-order chi connectivity index (χ0) is 15.9. The van der Waals surface area contributed by atoms with E-state index in [-0.39, 0.29) is 23.8 Å². The highest BCUT2D eigenvalue weighted by molar-refractivity contribution is 5.83. The molecule has 7 nitrogen and oxygen atoms in total. The first kappa shape index (κ1) is 15.2. The van der Waals surface area contributed by atoms with Gasteiger partial charge >= 0.3 is 0 Å². The third-order valence-corrected chi connectivity index (χ3v) is 2.81. The lowest BCUT2D eigenvalue weighted by Gasteiger charge is -2.00. The molecular formula is C15H13N3O4. The average molecular weight is 299 g/mol. The van der Waals surface area contributed by atoms with Crippen LogP contribution in [0, 0.1) is 10.1 Å². The van der Waals surface area contributed by atoms with Crippen LogP contribution >= 0.6 is 0 Å². The smallest absolute Gasteiger partial charge is 0.269 e. The molecule has 0 aromatic heterocycles. The number of hydrogen-bond acceptors (Lipinski definition) is 5. The summed E-state index contributed by atoms with van der Waals surface area (Å²) in [6, 6.07) is 12.1. The molecule has 0 spiro atoms. The molecule has 0 heterocycles. The number of nitro benzene ring substituents is 1. The quantitative estimate of drug-likeness (QED) is 0.500. The lowest BCUT2D eigenvalue weighted by Crippen LogP contribution is -2.19. The Hall–Kier alpha value is -3.22. The molecule has 2 aromatic rings. The van der Waals surface area contributed by atoms with Crippen LogP contribution in [-0.4, -0.2) is 22.2 Å². The molecule has 0 saturated heterocycles. The Morgan fingerprint density at radius 2 is 1.82 bits per heavy atom. The third kappa shape index (κ3) is 4.41. The molecular weight excluding hydrogens is 286 g/mol. The number of phenolic OH excluding ortho intramolecular Hbond substituents is 1. The van der Waals surface area contributed by atoms with Gasteiger partial charge in [-0.2, -0.15) is 5.10 Å². The van der Waals surface area contributed by atoms with Crippen LogP contribution in [0.25, 0.3) is 0 Å². The fourth-order valence-electron chi connectivity index (χ4n) is 1.70. The third-order valence-electron chi connectivity index (χ3n) is 2.81. The molecule has 7 heteroatoms. The summed E-state index contributed by atoms with van der Waals surface area (Å²) in [5.41, 5.74) is 3.73. The minimum Gasteiger partial charge on any atom is -0.508 e. The predicted molar refractivity (Wildman–Crippen MR) is 80.6 cm³/mol. The van der Waals surface area contributed by atoms with Gasteiger partial charge in [-0.1, -0.05) is 12.1 Å². The number of hydrazone groups is 1. The van der Waals surface area contributed by atoms with E-state index in [1.54, 1.807) is 12.1 Å².